The number of nitrogens with zero attached hydrogens (tertiary/aromatic N) is 1. The second-order valence-corrected chi connectivity index (χ2v) is 6.77. The number of hydrogen-bond acceptors (Lipinski definition) is 4. The molecule has 1 unspecified atom stereocenters. The van der Waals surface area contributed by atoms with Gasteiger partial charge in [0.15, 0.2) is 0 Å². The van der Waals surface area contributed by atoms with Gasteiger partial charge in [0, 0.05) is 25.2 Å². The van der Waals surface area contributed by atoms with Crippen molar-refractivity contribution < 1.29 is 14.3 Å². The third-order valence-corrected chi connectivity index (χ3v) is 3.26. The zero-order valence-electron chi connectivity index (χ0n) is 14.3. The zero-order chi connectivity index (χ0) is 15.9. The van der Waals surface area contributed by atoms with Crippen molar-refractivity contribution >= 4 is 6.09 Å². The average molecular weight is 300 g/mol. The van der Waals surface area contributed by atoms with E-state index in [2.05, 4.69) is 12.2 Å². The Bertz CT molecular complexity index is 311. The molecule has 1 atom stereocenters. The minimum atomic E-state index is -0.422. The number of hydrogen-bond donors (Lipinski definition) is 1. The summed E-state index contributed by atoms with van der Waals surface area (Å²) in [5, 5.41) is 3.42. The molecule has 1 N–H and O–H groups in total. The highest BCUT2D eigenvalue weighted by atomic mass is 16.6. The van der Waals surface area contributed by atoms with E-state index in [0.29, 0.717) is 12.1 Å². The van der Waals surface area contributed by atoms with Gasteiger partial charge in [-0.05, 0) is 60.4 Å². The number of nitrogens with one attached hydrogen (secondary N) is 1. The Morgan fingerprint density at radius 2 is 2.05 bits per heavy atom. The van der Waals surface area contributed by atoms with Crippen LogP contribution < -0.4 is 5.32 Å². The van der Waals surface area contributed by atoms with Gasteiger partial charge in [0.1, 0.15) is 5.60 Å². The fourth-order valence-corrected chi connectivity index (χ4v) is 2.08. The summed E-state index contributed by atoms with van der Waals surface area (Å²) in [6.07, 6.45) is 2.97. The van der Waals surface area contributed by atoms with Gasteiger partial charge in [-0.3, -0.25) is 0 Å². The molecule has 0 bridgehead atoms. The van der Waals surface area contributed by atoms with Crippen molar-refractivity contribution in [3.63, 3.8) is 0 Å². The SMILES string of the molecule is CCOCC(C)NCCCN(C(=O)OC(C)(C)C)C1CC1. The number of carbonyl (C=O) groups excluding carboxylic acids is 1. The normalized spacial score (nSPS) is 16.6. The Labute approximate surface area is 129 Å². The monoisotopic (exact) mass is 300 g/mol. The smallest absolute Gasteiger partial charge is 0.410 e. The van der Waals surface area contributed by atoms with Crippen LogP contribution >= 0.6 is 0 Å². The van der Waals surface area contributed by atoms with E-state index in [1.807, 2.05) is 32.6 Å². The van der Waals surface area contributed by atoms with Crippen molar-refractivity contribution in [3.05, 3.63) is 0 Å². The highest BCUT2D eigenvalue weighted by molar-refractivity contribution is 5.69. The topological polar surface area (TPSA) is 50.8 Å². The Kier molecular flexibility index (Phi) is 7.46. The van der Waals surface area contributed by atoms with Crippen molar-refractivity contribution in [2.45, 2.75) is 71.6 Å². The first-order valence-corrected chi connectivity index (χ1v) is 8.14. The van der Waals surface area contributed by atoms with E-state index in [1.165, 1.54) is 0 Å². The summed E-state index contributed by atoms with van der Waals surface area (Å²) in [4.78, 5) is 14.1. The molecule has 0 heterocycles. The van der Waals surface area contributed by atoms with Gasteiger partial charge in [0.05, 0.1) is 6.61 Å². The predicted octanol–water partition coefficient (Wildman–Crippen LogP) is 2.79. The molecule has 1 fully saturated rings. The summed E-state index contributed by atoms with van der Waals surface area (Å²) >= 11 is 0. The summed E-state index contributed by atoms with van der Waals surface area (Å²) in [5.74, 6) is 0. The minimum absolute atomic E-state index is 0.174. The molecule has 0 spiro atoms. The lowest BCUT2D eigenvalue weighted by Gasteiger charge is -2.27. The van der Waals surface area contributed by atoms with Crippen molar-refractivity contribution in [1.82, 2.24) is 10.2 Å². The summed E-state index contributed by atoms with van der Waals surface area (Å²) in [7, 11) is 0. The maximum Gasteiger partial charge on any atom is 0.410 e. The van der Waals surface area contributed by atoms with Crippen LogP contribution in [0.15, 0.2) is 0 Å². The van der Waals surface area contributed by atoms with Crippen LogP contribution in [0.25, 0.3) is 0 Å². The highest BCUT2D eigenvalue weighted by Crippen LogP contribution is 2.28. The van der Waals surface area contributed by atoms with Crippen LogP contribution in [0.2, 0.25) is 0 Å². The number of ether oxygens (including phenoxy) is 2. The summed E-state index contributed by atoms with van der Waals surface area (Å²) in [6.45, 7) is 13.0. The van der Waals surface area contributed by atoms with Crippen LogP contribution in [0.5, 0.6) is 0 Å². The first-order valence-electron chi connectivity index (χ1n) is 8.14. The van der Waals surface area contributed by atoms with Gasteiger partial charge < -0.3 is 19.7 Å². The quantitative estimate of drug-likeness (QED) is 0.665. The molecule has 0 saturated heterocycles. The summed E-state index contributed by atoms with van der Waals surface area (Å²) in [6, 6.07) is 0.738. The Morgan fingerprint density at radius 3 is 2.57 bits per heavy atom. The number of rotatable bonds is 9. The first-order chi connectivity index (χ1) is 9.83. The predicted molar refractivity (Wildman–Crippen MR) is 84.5 cm³/mol. The van der Waals surface area contributed by atoms with Crippen LogP contribution in [-0.2, 0) is 9.47 Å². The van der Waals surface area contributed by atoms with Gasteiger partial charge in [-0.15, -0.1) is 0 Å². The van der Waals surface area contributed by atoms with E-state index in [4.69, 9.17) is 9.47 Å². The van der Waals surface area contributed by atoms with Crippen molar-refractivity contribution in [3.8, 4) is 0 Å². The molecule has 1 amide bonds. The number of amides is 1. The van der Waals surface area contributed by atoms with E-state index >= 15 is 0 Å². The van der Waals surface area contributed by atoms with E-state index < -0.39 is 5.60 Å². The maximum atomic E-state index is 12.2. The molecule has 0 aromatic rings. The lowest BCUT2D eigenvalue weighted by molar-refractivity contribution is 0.0231. The second kappa shape index (κ2) is 8.59. The van der Waals surface area contributed by atoms with Gasteiger partial charge in [0.2, 0.25) is 0 Å². The van der Waals surface area contributed by atoms with E-state index in [1.54, 1.807) is 0 Å². The summed E-state index contributed by atoms with van der Waals surface area (Å²) in [5.41, 5.74) is -0.422. The molecule has 21 heavy (non-hydrogen) atoms. The van der Waals surface area contributed by atoms with Crippen LogP contribution in [-0.4, -0.2) is 55.0 Å². The molecule has 0 aromatic carbocycles. The largest absolute Gasteiger partial charge is 0.444 e. The zero-order valence-corrected chi connectivity index (χ0v) is 14.3. The van der Waals surface area contributed by atoms with Crippen molar-refractivity contribution in [1.29, 1.82) is 0 Å². The average Bonchev–Trinajstić information content (AvgIpc) is 3.18. The van der Waals surface area contributed by atoms with Gasteiger partial charge in [-0.2, -0.15) is 0 Å². The second-order valence-electron chi connectivity index (χ2n) is 6.77. The first kappa shape index (κ1) is 18.2. The maximum absolute atomic E-state index is 12.2. The number of carbonyl (C=O) groups is 1. The minimum Gasteiger partial charge on any atom is -0.444 e. The van der Waals surface area contributed by atoms with Crippen LogP contribution in [0.1, 0.15) is 53.9 Å². The van der Waals surface area contributed by atoms with Gasteiger partial charge >= 0.3 is 6.09 Å². The molecule has 0 aromatic heterocycles. The Morgan fingerprint density at radius 1 is 1.38 bits per heavy atom. The molecule has 1 aliphatic carbocycles. The highest BCUT2D eigenvalue weighted by Gasteiger charge is 2.34. The lowest BCUT2D eigenvalue weighted by atomic mass is 10.2. The van der Waals surface area contributed by atoms with Crippen LogP contribution in [0, 0.1) is 0 Å². The van der Waals surface area contributed by atoms with Gasteiger partial charge in [-0.25, -0.2) is 4.79 Å². The fourth-order valence-electron chi connectivity index (χ4n) is 2.08. The molecular weight excluding hydrogens is 268 g/mol. The van der Waals surface area contributed by atoms with Gasteiger partial charge in [-0.1, -0.05) is 0 Å². The fraction of sp³-hybridized carbons (Fsp3) is 0.938. The Balaban J connectivity index is 2.24. The molecule has 1 aliphatic rings. The molecule has 1 rings (SSSR count). The standard InChI is InChI=1S/C16H32N2O3/c1-6-20-12-13(2)17-10-7-11-18(14-8-9-14)15(19)21-16(3,4)5/h13-14,17H,6-12H2,1-5H3. The van der Waals surface area contributed by atoms with E-state index in [0.717, 1.165) is 45.6 Å². The molecule has 1 saturated carbocycles. The van der Waals surface area contributed by atoms with E-state index in [9.17, 15) is 4.79 Å². The lowest BCUT2D eigenvalue weighted by Crippen LogP contribution is -2.40. The molecule has 0 aliphatic heterocycles. The van der Waals surface area contributed by atoms with Crippen LogP contribution in [0.4, 0.5) is 4.79 Å². The third kappa shape index (κ3) is 8.27. The van der Waals surface area contributed by atoms with E-state index in [-0.39, 0.29) is 6.09 Å². The van der Waals surface area contributed by atoms with Gasteiger partial charge in [0.25, 0.3) is 0 Å². The molecule has 5 nitrogen and oxygen atoms in total. The van der Waals surface area contributed by atoms with Crippen molar-refractivity contribution in [2.24, 2.45) is 0 Å². The summed E-state index contributed by atoms with van der Waals surface area (Å²) < 4.78 is 10.8. The molecule has 0 radical (unpaired) electrons. The third-order valence-electron chi connectivity index (χ3n) is 3.26. The molecule has 5 heteroatoms. The van der Waals surface area contributed by atoms with Crippen LogP contribution in [0.3, 0.4) is 0 Å². The van der Waals surface area contributed by atoms with Crippen molar-refractivity contribution in [2.75, 3.05) is 26.3 Å². The molecular formula is C16H32N2O3. The Hall–Kier alpha value is -0.810. The molecule has 124 valence electrons.